The average molecular weight is 156 g/mol. The van der Waals surface area contributed by atoms with Gasteiger partial charge < -0.3 is 14.6 Å². The third kappa shape index (κ3) is 1.68. The van der Waals surface area contributed by atoms with Crippen LogP contribution in [-0.2, 0) is 7.05 Å². The minimum Gasteiger partial charge on any atom is -0.395 e. The van der Waals surface area contributed by atoms with Gasteiger partial charge in [0.25, 0.3) is 0 Å². The van der Waals surface area contributed by atoms with Gasteiger partial charge in [0.2, 0.25) is 5.95 Å². The summed E-state index contributed by atoms with van der Waals surface area (Å²) in [6.45, 7) is 0.704. The molecule has 11 heavy (non-hydrogen) atoms. The molecule has 0 radical (unpaired) electrons. The number of anilines is 1. The molecule has 0 spiro atoms. The minimum atomic E-state index is 0.128. The summed E-state index contributed by atoms with van der Waals surface area (Å²) < 4.78 is 1.80. The highest BCUT2D eigenvalue weighted by Gasteiger charge is 2.04. The second-order valence-electron chi connectivity index (χ2n) is 2.39. The van der Waals surface area contributed by atoms with E-state index in [1.807, 2.05) is 19.0 Å². The highest BCUT2D eigenvalue weighted by Crippen LogP contribution is 2.03. The van der Waals surface area contributed by atoms with Crippen LogP contribution < -0.4 is 4.90 Å². The molecule has 0 atom stereocenters. The molecule has 1 heterocycles. The van der Waals surface area contributed by atoms with Crippen molar-refractivity contribution >= 4 is 5.95 Å². The molecule has 5 heteroatoms. The lowest BCUT2D eigenvalue weighted by Crippen LogP contribution is -2.23. The third-order valence-electron chi connectivity index (χ3n) is 1.46. The number of aliphatic hydroxyl groups is 1. The second kappa shape index (κ2) is 3.34. The van der Waals surface area contributed by atoms with Crippen LogP contribution in [0.1, 0.15) is 0 Å². The van der Waals surface area contributed by atoms with Crippen LogP contribution in [0.5, 0.6) is 0 Å². The van der Waals surface area contributed by atoms with Crippen molar-refractivity contribution in [2.45, 2.75) is 0 Å². The lowest BCUT2D eigenvalue weighted by molar-refractivity contribution is 0.303. The number of aromatic nitrogens is 3. The van der Waals surface area contributed by atoms with Crippen molar-refractivity contribution in [2.24, 2.45) is 7.05 Å². The Morgan fingerprint density at radius 1 is 1.73 bits per heavy atom. The Morgan fingerprint density at radius 3 is 2.91 bits per heavy atom. The van der Waals surface area contributed by atoms with E-state index in [1.54, 1.807) is 10.9 Å². The molecule has 1 N–H and O–H groups in total. The molecule has 1 aromatic rings. The van der Waals surface area contributed by atoms with Crippen LogP contribution in [0, 0.1) is 0 Å². The van der Waals surface area contributed by atoms with Crippen molar-refractivity contribution in [3.63, 3.8) is 0 Å². The van der Waals surface area contributed by atoms with Crippen molar-refractivity contribution in [2.75, 3.05) is 25.1 Å². The van der Waals surface area contributed by atoms with E-state index in [0.29, 0.717) is 6.54 Å². The average Bonchev–Trinajstić information content (AvgIpc) is 2.36. The van der Waals surface area contributed by atoms with Crippen molar-refractivity contribution in [1.82, 2.24) is 14.8 Å². The second-order valence-corrected chi connectivity index (χ2v) is 2.39. The quantitative estimate of drug-likeness (QED) is 0.625. The van der Waals surface area contributed by atoms with Crippen LogP contribution in [0.25, 0.3) is 0 Å². The number of likely N-dealkylation sites (N-methyl/N-ethyl adjacent to an activating group) is 1. The zero-order valence-electron chi connectivity index (χ0n) is 6.73. The van der Waals surface area contributed by atoms with Crippen LogP contribution in [-0.4, -0.2) is 40.1 Å². The lowest BCUT2D eigenvalue weighted by Gasteiger charge is -2.14. The van der Waals surface area contributed by atoms with E-state index in [-0.39, 0.29) is 6.61 Å². The summed E-state index contributed by atoms with van der Waals surface area (Å²) in [6.07, 6.45) is 1.63. The van der Waals surface area contributed by atoms with E-state index in [2.05, 4.69) is 10.2 Å². The molecule has 0 aliphatic rings. The standard InChI is InChI=1S/C6H12N4O/c1-9(3-4-11)6-8-7-5-10(6)2/h5,11H,3-4H2,1-2H3. The molecule has 0 saturated heterocycles. The maximum atomic E-state index is 8.63. The van der Waals surface area contributed by atoms with Gasteiger partial charge in [-0.25, -0.2) is 0 Å². The Kier molecular flexibility index (Phi) is 2.43. The summed E-state index contributed by atoms with van der Waals surface area (Å²) >= 11 is 0. The maximum absolute atomic E-state index is 8.63. The van der Waals surface area contributed by atoms with Gasteiger partial charge in [-0.3, -0.25) is 0 Å². The van der Waals surface area contributed by atoms with E-state index >= 15 is 0 Å². The van der Waals surface area contributed by atoms with E-state index in [0.717, 1.165) is 5.95 Å². The Bertz CT molecular complexity index is 222. The smallest absolute Gasteiger partial charge is 0.226 e. The topological polar surface area (TPSA) is 54.2 Å². The Labute approximate surface area is 65.3 Å². The van der Waals surface area contributed by atoms with E-state index in [1.165, 1.54) is 0 Å². The predicted molar refractivity (Wildman–Crippen MR) is 41.4 cm³/mol. The van der Waals surface area contributed by atoms with Crippen LogP contribution in [0.2, 0.25) is 0 Å². The van der Waals surface area contributed by atoms with Gasteiger partial charge in [-0.2, -0.15) is 0 Å². The van der Waals surface area contributed by atoms with Crippen LogP contribution in [0.15, 0.2) is 6.33 Å². The molecule has 5 nitrogen and oxygen atoms in total. The molecular formula is C6H12N4O. The predicted octanol–water partition coefficient (Wildman–Crippen LogP) is -0.756. The summed E-state index contributed by atoms with van der Waals surface area (Å²) in [7, 11) is 3.73. The van der Waals surface area contributed by atoms with Crippen molar-refractivity contribution in [3.8, 4) is 0 Å². The zero-order chi connectivity index (χ0) is 8.27. The largest absolute Gasteiger partial charge is 0.395 e. The van der Waals surface area contributed by atoms with Gasteiger partial charge in [0.05, 0.1) is 6.61 Å². The fourth-order valence-electron chi connectivity index (χ4n) is 0.873. The number of hydrogen-bond donors (Lipinski definition) is 1. The molecule has 0 fully saturated rings. The van der Waals surface area contributed by atoms with Crippen molar-refractivity contribution in [1.29, 1.82) is 0 Å². The van der Waals surface area contributed by atoms with Gasteiger partial charge in [0.15, 0.2) is 0 Å². The Balaban J connectivity index is 2.67. The third-order valence-corrected chi connectivity index (χ3v) is 1.46. The molecule has 0 unspecified atom stereocenters. The first kappa shape index (κ1) is 8.00. The van der Waals surface area contributed by atoms with Crippen molar-refractivity contribution in [3.05, 3.63) is 6.33 Å². The molecule has 0 aliphatic carbocycles. The monoisotopic (exact) mass is 156 g/mol. The minimum absolute atomic E-state index is 0.128. The van der Waals surface area contributed by atoms with Crippen LogP contribution in [0.4, 0.5) is 5.95 Å². The molecule has 0 bridgehead atoms. The number of aryl methyl sites for hydroxylation is 1. The molecule has 1 aromatic heterocycles. The van der Waals surface area contributed by atoms with E-state index in [9.17, 15) is 0 Å². The SMILES string of the molecule is CN(CCO)c1nncn1C. The lowest BCUT2D eigenvalue weighted by atomic mass is 10.6. The van der Waals surface area contributed by atoms with Gasteiger partial charge in [-0.15, -0.1) is 10.2 Å². The first-order chi connectivity index (χ1) is 5.25. The fraction of sp³-hybridized carbons (Fsp3) is 0.667. The Morgan fingerprint density at radius 2 is 2.45 bits per heavy atom. The summed E-state index contributed by atoms with van der Waals surface area (Å²) in [6, 6.07) is 0. The van der Waals surface area contributed by atoms with E-state index in [4.69, 9.17) is 5.11 Å². The van der Waals surface area contributed by atoms with Crippen LogP contribution in [0.3, 0.4) is 0 Å². The molecule has 0 aliphatic heterocycles. The van der Waals surface area contributed by atoms with Crippen LogP contribution >= 0.6 is 0 Å². The summed E-state index contributed by atoms with van der Waals surface area (Å²) in [4.78, 5) is 1.84. The highest BCUT2D eigenvalue weighted by molar-refractivity contribution is 5.26. The zero-order valence-corrected chi connectivity index (χ0v) is 6.73. The number of aliphatic hydroxyl groups excluding tert-OH is 1. The number of nitrogens with zero attached hydrogens (tertiary/aromatic N) is 4. The molecule has 0 saturated carbocycles. The van der Waals surface area contributed by atoms with Gasteiger partial charge in [-0.1, -0.05) is 0 Å². The molecule has 0 aromatic carbocycles. The van der Waals surface area contributed by atoms with Gasteiger partial charge >= 0.3 is 0 Å². The first-order valence-corrected chi connectivity index (χ1v) is 3.41. The summed E-state index contributed by atoms with van der Waals surface area (Å²) in [5, 5.41) is 16.2. The molecule has 1 rings (SSSR count). The van der Waals surface area contributed by atoms with Gasteiger partial charge in [0.1, 0.15) is 6.33 Å². The normalized spacial score (nSPS) is 10.1. The fourth-order valence-corrected chi connectivity index (χ4v) is 0.873. The Hall–Kier alpha value is -1.10. The summed E-state index contributed by atoms with van der Waals surface area (Å²) in [5.74, 6) is 0.763. The van der Waals surface area contributed by atoms with Crippen molar-refractivity contribution < 1.29 is 5.11 Å². The maximum Gasteiger partial charge on any atom is 0.226 e. The molecule has 0 amide bonds. The van der Waals surface area contributed by atoms with Gasteiger partial charge in [-0.05, 0) is 0 Å². The molecular weight excluding hydrogens is 144 g/mol. The van der Waals surface area contributed by atoms with Gasteiger partial charge in [0, 0.05) is 20.6 Å². The summed E-state index contributed by atoms with van der Waals surface area (Å²) in [5.41, 5.74) is 0. The molecule has 62 valence electrons. The number of rotatable bonds is 3. The van der Waals surface area contributed by atoms with E-state index < -0.39 is 0 Å². The first-order valence-electron chi connectivity index (χ1n) is 3.41. The highest BCUT2D eigenvalue weighted by atomic mass is 16.3. The number of hydrogen-bond acceptors (Lipinski definition) is 4.